The number of carbonyl (C=O) groups excluding carboxylic acids is 1. The van der Waals surface area contributed by atoms with Crippen LogP contribution in [0, 0.1) is 11.8 Å². The molecule has 0 N–H and O–H groups in total. The zero-order valence-corrected chi connectivity index (χ0v) is 24.9. The van der Waals surface area contributed by atoms with Crippen LogP contribution in [0.15, 0.2) is 48.7 Å². The molecule has 40 heavy (non-hydrogen) atoms. The summed E-state index contributed by atoms with van der Waals surface area (Å²) in [5, 5.41) is 4.95. The van der Waals surface area contributed by atoms with Crippen LogP contribution >= 0.6 is 0 Å². The predicted molar refractivity (Wildman–Crippen MR) is 163 cm³/mol. The summed E-state index contributed by atoms with van der Waals surface area (Å²) in [4.78, 5) is 18.2. The Balaban J connectivity index is 1.69. The topological polar surface area (TPSA) is 59.3 Å². The highest BCUT2D eigenvalue weighted by atomic mass is 16.5. The SMILES string of the molecule is COc1ccc(-c2nn3ccc(C(=O)N(CCC(C)C)CCC(C)C)cc3c2C=CCN2CCCOCC2)cc1. The van der Waals surface area contributed by atoms with Crippen molar-refractivity contribution in [1.82, 2.24) is 19.4 Å². The third kappa shape index (κ3) is 7.95. The summed E-state index contributed by atoms with van der Waals surface area (Å²) < 4.78 is 12.9. The van der Waals surface area contributed by atoms with Crippen molar-refractivity contribution >= 4 is 17.5 Å². The fraction of sp³-hybridized carbons (Fsp3) is 0.515. The molecule has 7 nitrogen and oxygen atoms in total. The lowest BCUT2D eigenvalue weighted by Gasteiger charge is -2.24. The van der Waals surface area contributed by atoms with E-state index in [4.69, 9.17) is 14.6 Å². The van der Waals surface area contributed by atoms with Gasteiger partial charge in [0.1, 0.15) is 11.4 Å². The van der Waals surface area contributed by atoms with E-state index in [1.165, 1.54) is 0 Å². The highest BCUT2D eigenvalue weighted by Crippen LogP contribution is 2.30. The van der Waals surface area contributed by atoms with Gasteiger partial charge in [-0.15, -0.1) is 0 Å². The number of methoxy groups -OCH3 is 1. The second-order valence-electron chi connectivity index (χ2n) is 11.6. The molecule has 0 saturated carbocycles. The van der Waals surface area contributed by atoms with Crippen LogP contribution < -0.4 is 4.74 Å². The first-order valence-corrected chi connectivity index (χ1v) is 14.8. The van der Waals surface area contributed by atoms with Crippen molar-refractivity contribution < 1.29 is 14.3 Å². The third-order valence-corrected chi connectivity index (χ3v) is 7.49. The summed E-state index contributed by atoms with van der Waals surface area (Å²) in [6, 6.07) is 11.9. The maximum Gasteiger partial charge on any atom is 0.253 e. The molecule has 0 spiro atoms. The molecular formula is C33H46N4O3. The van der Waals surface area contributed by atoms with Crippen molar-refractivity contribution in [2.24, 2.45) is 11.8 Å². The Hall–Kier alpha value is -3.16. The molecule has 1 saturated heterocycles. The van der Waals surface area contributed by atoms with E-state index in [0.29, 0.717) is 17.4 Å². The fourth-order valence-electron chi connectivity index (χ4n) is 4.95. The second-order valence-corrected chi connectivity index (χ2v) is 11.6. The molecule has 0 atom stereocenters. The molecule has 1 amide bonds. The van der Waals surface area contributed by atoms with Crippen LogP contribution in [-0.4, -0.2) is 78.4 Å². The number of aromatic nitrogens is 2. The van der Waals surface area contributed by atoms with Crippen LogP contribution in [0.1, 0.15) is 62.9 Å². The first-order chi connectivity index (χ1) is 19.4. The van der Waals surface area contributed by atoms with Gasteiger partial charge in [-0.3, -0.25) is 9.69 Å². The number of rotatable bonds is 12. The van der Waals surface area contributed by atoms with E-state index < -0.39 is 0 Å². The largest absolute Gasteiger partial charge is 0.497 e. The number of pyridine rings is 1. The van der Waals surface area contributed by atoms with Gasteiger partial charge in [0.25, 0.3) is 5.91 Å². The molecular weight excluding hydrogens is 500 g/mol. The van der Waals surface area contributed by atoms with E-state index >= 15 is 0 Å². The summed E-state index contributed by atoms with van der Waals surface area (Å²) in [6.45, 7) is 14.8. The third-order valence-electron chi connectivity index (χ3n) is 7.49. The Bertz CT molecular complexity index is 1240. The number of carbonyl (C=O) groups is 1. The van der Waals surface area contributed by atoms with Gasteiger partial charge in [-0.25, -0.2) is 4.52 Å². The molecule has 1 aromatic carbocycles. The molecule has 1 aliphatic heterocycles. The monoisotopic (exact) mass is 546 g/mol. The molecule has 0 radical (unpaired) electrons. The smallest absolute Gasteiger partial charge is 0.253 e. The minimum Gasteiger partial charge on any atom is -0.497 e. The molecule has 0 unspecified atom stereocenters. The Morgan fingerprint density at radius 2 is 1.77 bits per heavy atom. The maximum atomic E-state index is 13.8. The standard InChI is InChI=1S/C33H46N4O3/c1-25(2)13-18-36(19-14-26(3)4)33(38)28-15-20-37-31(24-28)30(8-6-16-35-17-7-22-40-23-21-35)32(34-37)27-9-11-29(39-5)12-10-27/h6,8-12,15,20,24-26H,7,13-14,16-19,21-23H2,1-5H3. The van der Waals surface area contributed by atoms with Gasteiger partial charge in [0, 0.05) is 62.2 Å². The number of fused-ring (bicyclic) bond motifs is 1. The maximum absolute atomic E-state index is 13.8. The second kappa shape index (κ2) is 14.5. The normalized spacial score (nSPS) is 14.9. The van der Waals surface area contributed by atoms with Crippen LogP contribution in [0.25, 0.3) is 22.9 Å². The van der Waals surface area contributed by atoms with E-state index in [1.54, 1.807) is 7.11 Å². The zero-order valence-electron chi connectivity index (χ0n) is 24.9. The Morgan fingerprint density at radius 3 is 2.45 bits per heavy atom. The quantitative estimate of drug-likeness (QED) is 0.268. The molecule has 216 valence electrons. The highest BCUT2D eigenvalue weighted by Gasteiger charge is 2.20. The van der Waals surface area contributed by atoms with Gasteiger partial charge in [-0.2, -0.15) is 5.10 Å². The lowest BCUT2D eigenvalue weighted by molar-refractivity contribution is 0.0741. The van der Waals surface area contributed by atoms with Crippen molar-refractivity contribution in [3.63, 3.8) is 0 Å². The van der Waals surface area contributed by atoms with Gasteiger partial charge < -0.3 is 14.4 Å². The average Bonchev–Trinajstić information content (AvgIpc) is 3.10. The molecule has 7 heteroatoms. The molecule has 1 aliphatic rings. The van der Waals surface area contributed by atoms with Gasteiger partial charge in [0.05, 0.1) is 19.2 Å². The van der Waals surface area contributed by atoms with E-state index in [2.05, 4.69) is 44.7 Å². The number of amides is 1. The molecule has 0 bridgehead atoms. The van der Waals surface area contributed by atoms with E-state index in [9.17, 15) is 4.79 Å². The number of benzene rings is 1. The van der Waals surface area contributed by atoms with Crippen LogP contribution in [-0.2, 0) is 4.74 Å². The Labute approximate surface area is 239 Å². The summed E-state index contributed by atoms with van der Waals surface area (Å²) in [6.07, 6.45) is 9.34. The van der Waals surface area contributed by atoms with Crippen LogP contribution in [0.2, 0.25) is 0 Å². The Morgan fingerprint density at radius 1 is 1.05 bits per heavy atom. The van der Waals surface area contributed by atoms with Gasteiger partial charge in [0.2, 0.25) is 0 Å². The predicted octanol–water partition coefficient (Wildman–Crippen LogP) is 6.28. The molecule has 3 aromatic rings. The van der Waals surface area contributed by atoms with E-state index in [0.717, 1.165) is 93.3 Å². The van der Waals surface area contributed by atoms with Crippen molar-refractivity contribution in [2.75, 3.05) is 53.0 Å². The number of hydrogen-bond acceptors (Lipinski definition) is 5. The summed E-state index contributed by atoms with van der Waals surface area (Å²) in [5.74, 6) is 2.00. The molecule has 1 fully saturated rings. The van der Waals surface area contributed by atoms with Crippen molar-refractivity contribution in [1.29, 1.82) is 0 Å². The van der Waals surface area contributed by atoms with Crippen molar-refractivity contribution in [3.8, 4) is 17.0 Å². The average molecular weight is 547 g/mol. The van der Waals surface area contributed by atoms with E-state index in [1.807, 2.05) is 52.0 Å². The first-order valence-electron chi connectivity index (χ1n) is 14.8. The highest BCUT2D eigenvalue weighted by molar-refractivity contribution is 5.96. The summed E-state index contributed by atoms with van der Waals surface area (Å²) >= 11 is 0. The van der Waals surface area contributed by atoms with E-state index in [-0.39, 0.29) is 5.91 Å². The van der Waals surface area contributed by atoms with Crippen LogP contribution in [0.5, 0.6) is 5.75 Å². The van der Waals surface area contributed by atoms with Gasteiger partial charge in [-0.1, -0.05) is 39.8 Å². The first kappa shape index (κ1) is 29.8. The van der Waals surface area contributed by atoms with Crippen LogP contribution in [0.3, 0.4) is 0 Å². The molecule has 4 rings (SSSR count). The fourth-order valence-corrected chi connectivity index (χ4v) is 4.95. The summed E-state index contributed by atoms with van der Waals surface area (Å²) in [7, 11) is 1.67. The van der Waals surface area contributed by atoms with Gasteiger partial charge in [-0.05, 0) is 67.5 Å². The number of ether oxygens (including phenoxy) is 2. The zero-order chi connectivity index (χ0) is 28.5. The number of nitrogens with zero attached hydrogens (tertiary/aromatic N) is 4. The van der Waals surface area contributed by atoms with Gasteiger partial charge in [0.15, 0.2) is 0 Å². The Kier molecular flexibility index (Phi) is 10.8. The van der Waals surface area contributed by atoms with Gasteiger partial charge >= 0.3 is 0 Å². The molecule has 0 aliphatic carbocycles. The molecule has 2 aromatic heterocycles. The molecule has 3 heterocycles. The lowest BCUT2D eigenvalue weighted by atomic mass is 10.0. The minimum absolute atomic E-state index is 0.0930. The number of hydrogen-bond donors (Lipinski definition) is 0. The van der Waals surface area contributed by atoms with Crippen molar-refractivity contribution in [3.05, 3.63) is 59.8 Å². The van der Waals surface area contributed by atoms with Crippen molar-refractivity contribution in [2.45, 2.75) is 47.0 Å². The summed E-state index contributed by atoms with van der Waals surface area (Å²) in [5.41, 5.74) is 4.55. The lowest BCUT2D eigenvalue weighted by Crippen LogP contribution is -2.34. The minimum atomic E-state index is 0.0930. The van der Waals surface area contributed by atoms with Crippen LogP contribution in [0.4, 0.5) is 0 Å².